The van der Waals surface area contributed by atoms with Gasteiger partial charge in [-0.25, -0.2) is 14.6 Å². The molecule has 3 aromatic heterocycles. The molecule has 3 heterocycles. The number of rotatable bonds is 5. The fourth-order valence-corrected chi connectivity index (χ4v) is 3.78. The van der Waals surface area contributed by atoms with Crippen molar-refractivity contribution in [1.82, 2.24) is 24.7 Å². The van der Waals surface area contributed by atoms with Gasteiger partial charge in [-0.05, 0) is 49.7 Å². The number of carbonyl (C=O) groups is 1. The van der Waals surface area contributed by atoms with Gasteiger partial charge in [-0.15, -0.1) is 5.10 Å². The fraction of sp³-hybridized carbons (Fsp3) is 0.179. The molecule has 0 saturated heterocycles. The molecule has 176 valence electrons. The number of benzene rings is 2. The largest absolute Gasteiger partial charge is 0.289 e. The lowest BCUT2D eigenvalue weighted by Crippen LogP contribution is -2.14. The van der Waals surface area contributed by atoms with E-state index in [1.165, 1.54) is 5.56 Å². The highest BCUT2D eigenvalue weighted by Gasteiger charge is 2.16. The number of aryl methyl sites for hydroxylation is 2. The summed E-state index contributed by atoms with van der Waals surface area (Å²) in [5.41, 5.74) is 6.13. The molecule has 0 spiro atoms. The number of anilines is 1. The summed E-state index contributed by atoms with van der Waals surface area (Å²) in [6, 6.07) is 19.6. The van der Waals surface area contributed by atoms with Crippen LogP contribution in [-0.2, 0) is 6.54 Å². The van der Waals surface area contributed by atoms with Crippen molar-refractivity contribution in [3.63, 3.8) is 0 Å². The quantitative estimate of drug-likeness (QED) is 0.354. The van der Waals surface area contributed by atoms with Crippen LogP contribution in [0.25, 0.3) is 22.2 Å². The third-order valence-corrected chi connectivity index (χ3v) is 5.35. The predicted octanol–water partition coefficient (Wildman–Crippen LogP) is 5.83. The molecule has 5 rings (SSSR count). The molecule has 5 aromatic rings. The summed E-state index contributed by atoms with van der Waals surface area (Å²) >= 11 is 0. The predicted molar refractivity (Wildman–Crippen MR) is 139 cm³/mol. The number of fused-ring (bicyclic) bond motifs is 1. The first-order chi connectivity index (χ1) is 17.0. The Balaban J connectivity index is 0.00000141. The topological polar surface area (TPSA) is 85.6 Å². The maximum Gasteiger partial charge on any atom is 0.258 e. The second-order valence-corrected chi connectivity index (χ2v) is 8.03. The first kappa shape index (κ1) is 23.8. The SMILES string of the molecule is CC.Cc1cccc(Cn2cnc(NC(=O)c3cc(-c4cccnc4)nc4ccc(C)cc34)n2)c1. The minimum Gasteiger partial charge on any atom is -0.289 e. The molecule has 7 nitrogen and oxygen atoms in total. The number of hydrogen-bond donors (Lipinski definition) is 1. The van der Waals surface area contributed by atoms with Crippen LogP contribution in [0.3, 0.4) is 0 Å². The Hall–Kier alpha value is -4.39. The molecular formula is C28H28N6O. The van der Waals surface area contributed by atoms with E-state index in [-0.39, 0.29) is 11.9 Å². The van der Waals surface area contributed by atoms with E-state index < -0.39 is 0 Å². The number of amides is 1. The molecule has 2 aromatic carbocycles. The molecule has 0 aliphatic rings. The maximum atomic E-state index is 13.3. The molecular weight excluding hydrogens is 436 g/mol. The van der Waals surface area contributed by atoms with E-state index in [2.05, 4.69) is 39.4 Å². The third kappa shape index (κ3) is 5.58. The second-order valence-electron chi connectivity index (χ2n) is 8.03. The summed E-state index contributed by atoms with van der Waals surface area (Å²) in [5.74, 6) is -0.0281. The highest BCUT2D eigenvalue weighted by molar-refractivity contribution is 6.12. The molecule has 35 heavy (non-hydrogen) atoms. The van der Waals surface area contributed by atoms with Gasteiger partial charge in [0.2, 0.25) is 5.95 Å². The molecule has 0 atom stereocenters. The van der Waals surface area contributed by atoms with Gasteiger partial charge in [0.25, 0.3) is 5.91 Å². The van der Waals surface area contributed by atoms with Crippen molar-refractivity contribution in [2.45, 2.75) is 34.2 Å². The Labute approximate surface area is 204 Å². The average Bonchev–Trinajstić information content (AvgIpc) is 3.31. The smallest absolute Gasteiger partial charge is 0.258 e. The summed E-state index contributed by atoms with van der Waals surface area (Å²) in [5, 5.41) is 8.04. The molecule has 0 aliphatic carbocycles. The first-order valence-corrected chi connectivity index (χ1v) is 11.6. The Kier molecular flexibility index (Phi) is 7.26. The van der Waals surface area contributed by atoms with E-state index in [9.17, 15) is 4.79 Å². The fourth-order valence-electron chi connectivity index (χ4n) is 3.78. The lowest BCUT2D eigenvalue weighted by atomic mass is 10.0. The number of aromatic nitrogens is 5. The van der Waals surface area contributed by atoms with E-state index in [0.29, 0.717) is 17.8 Å². The van der Waals surface area contributed by atoms with E-state index >= 15 is 0 Å². The molecule has 1 N–H and O–H groups in total. The molecule has 0 fully saturated rings. The van der Waals surface area contributed by atoms with Crippen molar-refractivity contribution in [2.75, 3.05) is 5.32 Å². The Morgan fingerprint density at radius 1 is 0.971 bits per heavy atom. The van der Waals surface area contributed by atoms with E-state index in [1.807, 2.05) is 63.2 Å². The van der Waals surface area contributed by atoms with Gasteiger partial charge in [-0.3, -0.25) is 15.1 Å². The van der Waals surface area contributed by atoms with Gasteiger partial charge in [0, 0.05) is 23.3 Å². The standard InChI is InChI=1S/C26H22N6O.C2H6/c1-17-5-3-6-19(11-17)15-32-16-28-26(31-32)30-25(33)22-13-24(20-7-4-10-27-14-20)29-23-9-8-18(2)12-21(22)23;1-2/h3-14,16H,15H2,1-2H3,(H,30,31,33);1-2H3. The van der Waals surface area contributed by atoms with Crippen LogP contribution in [0, 0.1) is 13.8 Å². The normalized spacial score (nSPS) is 10.5. The lowest BCUT2D eigenvalue weighted by molar-refractivity contribution is 0.102. The number of nitrogens with zero attached hydrogens (tertiary/aromatic N) is 5. The number of nitrogens with one attached hydrogen (secondary N) is 1. The minimum absolute atomic E-state index is 0.258. The van der Waals surface area contributed by atoms with Crippen LogP contribution < -0.4 is 5.32 Å². The van der Waals surface area contributed by atoms with Crippen molar-refractivity contribution < 1.29 is 4.79 Å². The summed E-state index contributed by atoms with van der Waals surface area (Å²) in [4.78, 5) is 26.5. The van der Waals surface area contributed by atoms with Crippen molar-refractivity contribution in [2.24, 2.45) is 0 Å². The molecule has 0 aliphatic heterocycles. The Morgan fingerprint density at radius 2 is 1.80 bits per heavy atom. The lowest BCUT2D eigenvalue weighted by Gasteiger charge is -2.10. The van der Waals surface area contributed by atoms with Gasteiger partial charge in [0.15, 0.2) is 0 Å². The Bertz CT molecular complexity index is 1460. The van der Waals surface area contributed by atoms with E-state index in [4.69, 9.17) is 4.98 Å². The molecule has 0 saturated carbocycles. The third-order valence-electron chi connectivity index (χ3n) is 5.35. The summed E-state index contributed by atoms with van der Waals surface area (Å²) in [7, 11) is 0. The van der Waals surface area contributed by atoms with Gasteiger partial charge in [-0.2, -0.15) is 0 Å². The number of pyridine rings is 2. The van der Waals surface area contributed by atoms with Crippen molar-refractivity contribution in [1.29, 1.82) is 0 Å². The summed E-state index contributed by atoms with van der Waals surface area (Å²) < 4.78 is 1.71. The maximum absolute atomic E-state index is 13.3. The van der Waals surface area contributed by atoms with Gasteiger partial charge >= 0.3 is 0 Å². The monoisotopic (exact) mass is 464 g/mol. The molecule has 0 unspecified atom stereocenters. The van der Waals surface area contributed by atoms with Crippen LogP contribution in [-0.4, -0.2) is 30.6 Å². The van der Waals surface area contributed by atoms with Crippen molar-refractivity contribution >= 4 is 22.8 Å². The van der Waals surface area contributed by atoms with E-state index in [0.717, 1.165) is 27.6 Å². The van der Waals surface area contributed by atoms with Crippen molar-refractivity contribution in [3.05, 3.63) is 102 Å². The first-order valence-electron chi connectivity index (χ1n) is 11.6. The van der Waals surface area contributed by atoms with Crippen LogP contribution in [0.15, 0.2) is 79.4 Å². The zero-order chi connectivity index (χ0) is 24.8. The van der Waals surface area contributed by atoms with Gasteiger partial charge in [0.1, 0.15) is 6.33 Å². The molecule has 7 heteroatoms. The number of carbonyl (C=O) groups excluding carboxylic acids is 1. The molecule has 0 radical (unpaired) electrons. The zero-order valence-corrected chi connectivity index (χ0v) is 20.4. The van der Waals surface area contributed by atoms with E-state index in [1.54, 1.807) is 29.5 Å². The van der Waals surface area contributed by atoms with Gasteiger partial charge < -0.3 is 0 Å². The zero-order valence-electron chi connectivity index (χ0n) is 20.4. The van der Waals surface area contributed by atoms with Crippen LogP contribution in [0.1, 0.15) is 40.9 Å². The highest BCUT2D eigenvalue weighted by atomic mass is 16.1. The summed E-state index contributed by atoms with van der Waals surface area (Å²) in [6.07, 6.45) is 5.06. The van der Waals surface area contributed by atoms with Crippen LogP contribution in [0.4, 0.5) is 5.95 Å². The van der Waals surface area contributed by atoms with Gasteiger partial charge in [-0.1, -0.05) is 55.3 Å². The van der Waals surface area contributed by atoms with Crippen LogP contribution in [0.2, 0.25) is 0 Å². The Morgan fingerprint density at radius 3 is 2.57 bits per heavy atom. The minimum atomic E-state index is -0.286. The van der Waals surface area contributed by atoms with Crippen LogP contribution >= 0.6 is 0 Å². The molecule has 1 amide bonds. The van der Waals surface area contributed by atoms with Crippen molar-refractivity contribution in [3.8, 4) is 11.3 Å². The number of hydrogen-bond acceptors (Lipinski definition) is 5. The van der Waals surface area contributed by atoms with Crippen LogP contribution in [0.5, 0.6) is 0 Å². The summed E-state index contributed by atoms with van der Waals surface area (Å²) in [6.45, 7) is 8.62. The average molecular weight is 465 g/mol. The second kappa shape index (κ2) is 10.7. The highest BCUT2D eigenvalue weighted by Crippen LogP contribution is 2.26. The van der Waals surface area contributed by atoms with Gasteiger partial charge in [0.05, 0.1) is 23.3 Å². The molecule has 0 bridgehead atoms.